The molecular formula is C50H31F6N5. The molecule has 0 amide bonds. The van der Waals surface area contributed by atoms with Crippen molar-refractivity contribution >= 4 is 27.5 Å². The molecule has 7 aromatic carbocycles. The number of hydrogen-bond donors (Lipinski definition) is 0. The number of benzene rings is 7. The molecule has 0 N–H and O–H groups in total. The minimum Gasteiger partial charge on any atom is -0.311 e. The highest BCUT2D eigenvalue weighted by Crippen LogP contribution is 2.43. The van der Waals surface area contributed by atoms with Crippen LogP contribution >= 0.6 is 0 Å². The molecule has 0 bridgehead atoms. The summed E-state index contributed by atoms with van der Waals surface area (Å²) in [5, 5.41) is 1.26. The molecule has 9 aromatic rings. The van der Waals surface area contributed by atoms with Crippen LogP contribution in [0.5, 0.6) is 0 Å². The van der Waals surface area contributed by atoms with Crippen molar-refractivity contribution in [2.75, 3.05) is 0 Å². The van der Waals surface area contributed by atoms with Gasteiger partial charge in [0.1, 0.15) is 0 Å². The van der Waals surface area contributed by atoms with Gasteiger partial charge in [-0.3, -0.25) is 0 Å². The fourth-order valence-corrected chi connectivity index (χ4v) is 7.81. The summed E-state index contributed by atoms with van der Waals surface area (Å²) in [5.74, 6) is 1.17. The summed E-state index contributed by atoms with van der Waals surface area (Å²) in [7, 11) is 0. The van der Waals surface area contributed by atoms with Gasteiger partial charge < -0.3 is 4.57 Å². The second-order valence-corrected chi connectivity index (χ2v) is 14.7. The van der Waals surface area contributed by atoms with E-state index in [0.717, 1.165) is 29.3 Å². The number of fused-ring (bicyclic) bond motifs is 3. The third-order valence-corrected chi connectivity index (χ3v) is 10.7. The zero-order chi connectivity index (χ0) is 42.6. The normalized spacial score (nSPS) is 11.9. The first-order chi connectivity index (χ1) is 29.3. The van der Waals surface area contributed by atoms with Crippen LogP contribution in [-0.4, -0.2) is 19.5 Å². The van der Waals surface area contributed by atoms with E-state index in [9.17, 15) is 26.3 Å². The number of nitrogens with zero attached hydrogens (tertiary/aromatic N) is 5. The van der Waals surface area contributed by atoms with E-state index in [0.29, 0.717) is 78.3 Å². The summed E-state index contributed by atoms with van der Waals surface area (Å²) in [6.45, 7) is 11.5. The van der Waals surface area contributed by atoms with Crippen molar-refractivity contribution in [2.24, 2.45) is 0 Å². The average molecular weight is 816 g/mol. The number of hydrogen-bond acceptors (Lipinski definition) is 3. The van der Waals surface area contributed by atoms with Gasteiger partial charge in [-0.15, -0.1) is 0 Å². The van der Waals surface area contributed by atoms with E-state index >= 15 is 0 Å². The molecule has 0 spiro atoms. The number of aromatic nitrogens is 4. The number of aryl methyl sites for hydroxylation is 2. The Labute approximate surface area is 346 Å². The molecule has 11 heteroatoms. The Bertz CT molecular complexity index is 3140. The van der Waals surface area contributed by atoms with Crippen LogP contribution in [-0.2, 0) is 12.4 Å². The van der Waals surface area contributed by atoms with E-state index < -0.39 is 23.5 Å². The predicted octanol–water partition coefficient (Wildman–Crippen LogP) is 14.5. The molecule has 0 saturated carbocycles. The van der Waals surface area contributed by atoms with Gasteiger partial charge in [-0.2, -0.15) is 26.3 Å². The summed E-state index contributed by atoms with van der Waals surface area (Å²) < 4.78 is 86.0. The highest BCUT2D eigenvalue weighted by atomic mass is 19.4. The first-order valence-corrected chi connectivity index (χ1v) is 19.1. The molecule has 0 atom stereocenters. The highest BCUT2D eigenvalue weighted by molar-refractivity contribution is 6.12. The summed E-state index contributed by atoms with van der Waals surface area (Å²) in [4.78, 5) is 18.3. The Morgan fingerprint density at radius 2 is 1.03 bits per heavy atom. The standard InChI is InChI=1S/C50H31F6N5/c1-29-14-19-38(42(24-29)50(54,55)56)34-16-23-45-41(27-34)40-26-33(37-20-17-35(25-30(37)2)49(51,52)53)15-22-44(40)61(45)36-18-21-39(43(28-36)57-3)48-59-46(31-10-6-4-7-11-31)58-47(60-48)32-12-8-5-9-13-32/h4-28H,1-2H3. The van der Waals surface area contributed by atoms with E-state index in [1.165, 1.54) is 12.1 Å². The Morgan fingerprint density at radius 1 is 0.492 bits per heavy atom. The van der Waals surface area contributed by atoms with Crippen LogP contribution in [0.15, 0.2) is 152 Å². The van der Waals surface area contributed by atoms with Crippen LogP contribution in [0.1, 0.15) is 22.3 Å². The topological polar surface area (TPSA) is 48.0 Å². The minimum atomic E-state index is -4.61. The molecule has 9 rings (SSSR count). The van der Waals surface area contributed by atoms with Crippen LogP contribution in [0.2, 0.25) is 0 Å². The molecule has 61 heavy (non-hydrogen) atoms. The maximum absolute atomic E-state index is 14.4. The van der Waals surface area contributed by atoms with Gasteiger partial charge in [0, 0.05) is 33.2 Å². The number of alkyl halides is 6. The average Bonchev–Trinajstić information content (AvgIpc) is 3.59. The van der Waals surface area contributed by atoms with Crippen LogP contribution < -0.4 is 0 Å². The Balaban J connectivity index is 1.25. The molecule has 0 aliphatic rings. The van der Waals surface area contributed by atoms with Gasteiger partial charge in [-0.05, 0) is 96.3 Å². The molecule has 0 aliphatic heterocycles. The molecular weight excluding hydrogens is 785 g/mol. The molecule has 0 unspecified atom stereocenters. The first kappa shape index (κ1) is 38.9. The lowest BCUT2D eigenvalue weighted by molar-refractivity contribution is -0.138. The predicted molar refractivity (Wildman–Crippen MR) is 227 cm³/mol. The monoisotopic (exact) mass is 815 g/mol. The SMILES string of the molecule is [C-]#[N+]c1cc(-n2c3ccc(-c4ccc(C(F)(F)F)cc4C)cc3c3cc(-c4ccc(C)cc4C(F)(F)F)ccc32)ccc1-c1nc(-c2ccccc2)nc(-c2ccccc2)n1. The molecule has 0 fully saturated rings. The molecule has 0 saturated heterocycles. The molecule has 5 nitrogen and oxygen atoms in total. The molecule has 2 heterocycles. The van der Waals surface area contributed by atoms with Crippen molar-refractivity contribution in [3.05, 3.63) is 185 Å². The summed E-state index contributed by atoms with van der Waals surface area (Å²) in [5.41, 5.74) is 5.06. The van der Waals surface area contributed by atoms with Crippen molar-refractivity contribution in [1.29, 1.82) is 0 Å². The lowest BCUT2D eigenvalue weighted by atomic mass is 9.95. The van der Waals surface area contributed by atoms with Crippen molar-refractivity contribution < 1.29 is 26.3 Å². The van der Waals surface area contributed by atoms with Gasteiger partial charge in [-0.25, -0.2) is 19.8 Å². The van der Waals surface area contributed by atoms with Gasteiger partial charge in [0.2, 0.25) is 0 Å². The van der Waals surface area contributed by atoms with Gasteiger partial charge in [0.05, 0.1) is 28.7 Å². The summed E-state index contributed by atoms with van der Waals surface area (Å²) in [6, 6.07) is 42.6. The molecule has 0 radical (unpaired) electrons. The van der Waals surface area contributed by atoms with Crippen molar-refractivity contribution in [1.82, 2.24) is 19.5 Å². The smallest absolute Gasteiger partial charge is 0.311 e. The maximum atomic E-state index is 14.4. The quantitative estimate of drug-likeness (QED) is 0.124. The maximum Gasteiger partial charge on any atom is 0.417 e. The second-order valence-electron chi connectivity index (χ2n) is 14.7. The van der Waals surface area contributed by atoms with Gasteiger partial charge in [0.15, 0.2) is 23.2 Å². The number of rotatable bonds is 6. The van der Waals surface area contributed by atoms with Gasteiger partial charge in [-0.1, -0.05) is 103 Å². The Hall–Kier alpha value is -7.58. The fourth-order valence-electron chi connectivity index (χ4n) is 7.81. The largest absolute Gasteiger partial charge is 0.417 e. The third-order valence-electron chi connectivity index (χ3n) is 10.7. The van der Waals surface area contributed by atoms with Gasteiger partial charge in [0.25, 0.3) is 0 Å². The highest BCUT2D eigenvalue weighted by Gasteiger charge is 2.34. The van der Waals surface area contributed by atoms with E-state index in [1.54, 1.807) is 56.3 Å². The van der Waals surface area contributed by atoms with E-state index in [4.69, 9.17) is 21.5 Å². The van der Waals surface area contributed by atoms with Crippen LogP contribution in [0.25, 0.3) is 88.8 Å². The lowest BCUT2D eigenvalue weighted by Gasteiger charge is -2.15. The zero-order valence-corrected chi connectivity index (χ0v) is 32.4. The van der Waals surface area contributed by atoms with Crippen molar-refractivity contribution in [3.8, 4) is 62.1 Å². The van der Waals surface area contributed by atoms with Crippen LogP contribution in [0, 0.1) is 20.4 Å². The summed E-state index contributed by atoms with van der Waals surface area (Å²) >= 11 is 0. The Kier molecular flexibility index (Phi) is 9.51. The van der Waals surface area contributed by atoms with Crippen LogP contribution in [0.4, 0.5) is 32.0 Å². The Morgan fingerprint density at radius 3 is 1.57 bits per heavy atom. The van der Waals surface area contributed by atoms with Crippen LogP contribution in [0.3, 0.4) is 0 Å². The number of halogens is 6. The first-order valence-electron chi connectivity index (χ1n) is 19.1. The minimum absolute atomic E-state index is 0.0115. The molecule has 2 aromatic heterocycles. The van der Waals surface area contributed by atoms with E-state index in [2.05, 4.69) is 4.85 Å². The fraction of sp³-hybridized carbons (Fsp3) is 0.0800. The van der Waals surface area contributed by atoms with E-state index in [-0.39, 0.29) is 11.3 Å². The molecule has 0 aliphatic carbocycles. The van der Waals surface area contributed by atoms with Crippen molar-refractivity contribution in [3.63, 3.8) is 0 Å². The van der Waals surface area contributed by atoms with Gasteiger partial charge >= 0.3 is 12.4 Å². The summed E-state index contributed by atoms with van der Waals surface area (Å²) in [6.07, 6.45) is -9.13. The molecule has 298 valence electrons. The third kappa shape index (κ3) is 7.27. The lowest BCUT2D eigenvalue weighted by Crippen LogP contribution is -2.07. The van der Waals surface area contributed by atoms with E-state index in [1.807, 2.05) is 83.4 Å². The van der Waals surface area contributed by atoms with Crippen molar-refractivity contribution in [2.45, 2.75) is 26.2 Å². The zero-order valence-electron chi connectivity index (χ0n) is 32.4. The second kappa shape index (κ2) is 14.9.